The predicted molar refractivity (Wildman–Crippen MR) is 35.8 cm³/mol. The third-order valence-electron chi connectivity index (χ3n) is 0.926. The Morgan fingerprint density at radius 2 is 2.38 bits per heavy atom. The number of allylic oxidation sites excluding steroid dienone is 2. The maximum atomic E-state index is 6.50. The van der Waals surface area contributed by atoms with Gasteiger partial charge < -0.3 is 0 Å². The summed E-state index contributed by atoms with van der Waals surface area (Å²) in [7, 11) is 0. The molecule has 0 saturated heterocycles. The molecule has 0 atom stereocenters. The summed E-state index contributed by atoms with van der Waals surface area (Å²) in [6.07, 6.45) is 13.6. The van der Waals surface area contributed by atoms with E-state index in [0.29, 0.717) is 0 Å². The van der Waals surface area contributed by atoms with Gasteiger partial charge in [0.25, 0.3) is 0 Å². The second-order valence-corrected chi connectivity index (χ2v) is 1.69. The fraction of sp³-hybridized carbons (Fsp3) is 0.500. The van der Waals surface area contributed by atoms with Crippen LogP contribution in [0.5, 0.6) is 0 Å². The normalized spacial score (nSPS) is 9.50. The Morgan fingerprint density at radius 1 is 1.62 bits per heavy atom. The summed E-state index contributed by atoms with van der Waals surface area (Å²) in [5.41, 5.74) is 0. The van der Waals surface area contributed by atoms with Crippen LogP contribution < -0.4 is 0 Å². The average molecular weight is 107 g/mol. The van der Waals surface area contributed by atoms with Crippen molar-refractivity contribution in [3.05, 3.63) is 18.6 Å². The largest absolute Gasteiger partial charge is 0.0761 e. The summed E-state index contributed by atoms with van der Waals surface area (Å²) in [5.74, 6) is 2.20. The molecule has 0 spiro atoms. The molecule has 0 rings (SSSR count). The van der Waals surface area contributed by atoms with E-state index in [-0.39, 0.29) is 0 Å². The number of rotatable bonds is 3. The van der Waals surface area contributed by atoms with Crippen LogP contribution in [0.25, 0.3) is 0 Å². The van der Waals surface area contributed by atoms with E-state index >= 15 is 0 Å². The lowest BCUT2D eigenvalue weighted by atomic mass is 10.2. The standard InChI is InChI=1S/C8H11/c1-3-5-7-8-6-4-2/h6,8H,3,5,7H2,1H3. The lowest BCUT2D eigenvalue weighted by molar-refractivity contribution is 0.815. The smallest absolute Gasteiger partial charge is 0.0102 e. The van der Waals surface area contributed by atoms with Crippen molar-refractivity contribution in [3.63, 3.8) is 0 Å². The van der Waals surface area contributed by atoms with Gasteiger partial charge in [-0.15, -0.1) is 0 Å². The highest BCUT2D eigenvalue weighted by atomic mass is 13.8. The molecule has 0 aromatic carbocycles. The van der Waals surface area contributed by atoms with Gasteiger partial charge >= 0.3 is 0 Å². The van der Waals surface area contributed by atoms with Gasteiger partial charge in [-0.1, -0.05) is 31.8 Å². The van der Waals surface area contributed by atoms with Crippen molar-refractivity contribution in [1.29, 1.82) is 0 Å². The quantitative estimate of drug-likeness (QED) is 0.383. The molecule has 0 nitrogen and oxygen atoms in total. The third-order valence-corrected chi connectivity index (χ3v) is 0.926. The maximum absolute atomic E-state index is 6.50. The molecule has 0 bridgehead atoms. The van der Waals surface area contributed by atoms with Crippen molar-refractivity contribution in [2.75, 3.05) is 0 Å². The zero-order valence-corrected chi connectivity index (χ0v) is 5.28. The molecular weight excluding hydrogens is 96.1 g/mol. The van der Waals surface area contributed by atoms with E-state index in [4.69, 9.17) is 6.42 Å². The molecular formula is C8H11. The first-order valence-electron chi connectivity index (χ1n) is 2.99. The summed E-state index contributed by atoms with van der Waals surface area (Å²) in [6.45, 7) is 2.15. The summed E-state index contributed by atoms with van der Waals surface area (Å²) < 4.78 is 0. The fourth-order valence-electron chi connectivity index (χ4n) is 0.464. The van der Waals surface area contributed by atoms with Gasteiger partial charge in [0, 0.05) is 0 Å². The first-order chi connectivity index (χ1) is 3.91. The van der Waals surface area contributed by atoms with Crippen LogP contribution >= 0.6 is 0 Å². The van der Waals surface area contributed by atoms with Crippen LogP contribution in [0.4, 0.5) is 0 Å². The highest BCUT2D eigenvalue weighted by Crippen LogP contribution is 1.93. The first kappa shape index (κ1) is 7.30. The predicted octanol–water partition coefficient (Wildman–Crippen LogP) is 2.32. The van der Waals surface area contributed by atoms with Crippen molar-refractivity contribution in [2.24, 2.45) is 0 Å². The minimum atomic E-state index is 1.09. The van der Waals surface area contributed by atoms with Gasteiger partial charge in [-0.3, -0.25) is 0 Å². The minimum Gasteiger partial charge on any atom is -0.0761 e. The van der Waals surface area contributed by atoms with Crippen LogP contribution in [0.2, 0.25) is 0 Å². The van der Waals surface area contributed by atoms with Crippen molar-refractivity contribution >= 4 is 0 Å². The van der Waals surface area contributed by atoms with Crippen LogP contribution in [-0.4, -0.2) is 0 Å². The van der Waals surface area contributed by atoms with Gasteiger partial charge in [0.15, 0.2) is 0 Å². The molecule has 0 saturated carbocycles. The van der Waals surface area contributed by atoms with Gasteiger partial charge in [-0.05, 0) is 18.9 Å². The molecule has 0 aromatic heterocycles. The third kappa shape index (κ3) is 5.30. The number of hydrogen-bond acceptors (Lipinski definition) is 0. The second kappa shape index (κ2) is 6.30. The van der Waals surface area contributed by atoms with E-state index in [1.54, 1.807) is 6.08 Å². The van der Waals surface area contributed by atoms with Crippen LogP contribution in [0.1, 0.15) is 26.2 Å². The average Bonchev–Trinajstić information content (AvgIpc) is 1.81. The van der Waals surface area contributed by atoms with E-state index in [0.717, 1.165) is 6.42 Å². The van der Waals surface area contributed by atoms with E-state index in [2.05, 4.69) is 12.8 Å². The molecule has 0 aliphatic carbocycles. The number of hydrogen-bond donors (Lipinski definition) is 0. The summed E-state index contributed by atoms with van der Waals surface area (Å²) in [5, 5.41) is 0. The highest BCUT2D eigenvalue weighted by molar-refractivity contribution is 5.04. The Balaban J connectivity index is 2.94. The molecule has 43 valence electrons. The molecule has 0 N–H and O–H groups in total. The van der Waals surface area contributed by atoms with E-state index in [9.17, 15) is 0 Å². The SMILES string of the molecule is [C]#CC=CCCCC. The van der Waals surface area contributed by atoms with Crippen LogP contribution in [0.3, 0.4) is 0 Å². The topological polar surface area (TPSA) is 0 Å². The molecule has 0 amide bonds. The van der Waals surface area contributed by atoms with Crippen LogP contribution in [-0.2, 0) is 0 Å². The Kier molecular flexibility index (Phi) is 5.75. The van der Waals surface area contributed by atoms with Gasteiger partial charge in [0.2, 0.25) is 0 Å². The first-order valence-corrected chi connectivity index (χ1v) is 2.99. The van der Waals surface area contributed by atoms with Crippen LogP contribution in [0.15, 0.2) is 12.2 Å². The molecule has 8 heavy (non-hydrogen) atoms. The lowest BCUT2D eigenvalue weighted by Crippen LogP contribution is -1.64. The second-order valence-electron chi connectivity index (χ2n) is 1.69. The molecule has 0 heteroatoms. The van der Waals surface area contributed by atoms with Crippen molar-refractivity contribution in [1.82, 2.24) is 0 Å². The van der Waals surface area contributed by atoms with E-state index in [1.807, 2.05) is 6.08 Å². The van der Waals surface area contributed by atoms with Gasteiger partial charge in [0.05, 0.1) is 0 Å². The van der Waals surface area contributed by atoms with Crippen molar-refractivity contribution in [2.45, 2.75) is 26.2 Å². The Labute approximate surface area is 51.6 Å². The number of unbranched alkanes of at least 4 members (excludes halogenated alkanes) is 2. The summed E-state index contributed by atoms with van der Waals surface area (Å²) >= 11 is 0. The Morgan fingerprint density at radius 3 is 2.88 bits per heavy atom. The van der Waals surface area contributed by atoms with Gasteiger partial charge in [-0.2, -0.15) is 0 Å². The fourth-order valence-corrected chi connectivity index (χ4v) is 0.464. The van der Waals surface area contributed by atoms with Gasteiger partial charge in [-0.25, -0.2) is 0 Å². The monoisotopic (exact) mass is 107 g/mol. The highest BCUT2D eigenvalue weighted by Gasteiger charge is 1.74. The molecule has 1 radical (unpaired) electrons. The van der Waals surface area contributed by atoms with E-state index < -0.39 is 0 Å². The molecule has 0 aliphatic heterocycles. The van der Waals surface area contributed by atoms with Gasteiger partial charge in [0.1, 0.15) is 0 Å². The van der Waals surface area contributed by atoms with E-state index in [1.165, 1.54) is 12.8 Å². The lowest BCUT2D eigenvalue weighted by Gasteiger charge is -1.83. The summed E-state index contributed by atoms with van der Waals surface area (Å²) in [4.78, 5) is 0. The Bertz CT molecular complexity index is 93.1. The minimum absolute atomic E-state index is 1.09. The summed E-state index contributed by atoms with van der Waals surface area (Å²) in [6, 6.07) is 0. The van der Waals surface area contributed by atoms with Crippen LogP contribution in [0, 0.1) is 12.3 Å². The molecule has 0 aromatic rings. The zero-order valence-electron chi connectivity index (χ0n) is 5.28. The maximum Gasteiger partial charge on any atom is -0.0102 e. The Hall–Kier alpha value is -0.700. The molecule has 0 unspecified atom stereocenters. The van der Waals surface area contributed by atoms with Crippen molar-refractivity contribution in [3.8, 4) is 5.92 Å². The zero-order chi connectivity index (χ0) is 6.24. The molecule has 0 fully saturated rings. The molecule has 0 aliphatic rings. The van der Waals surface area contributed by atoms with Crippen molar-refractivity contribution < 1.29 is 0 Å². The molecule has 0 heterocycles.